The first-order chi connectivity index (χ1) is 14.4. The molecule has 7 nitrogen and oxygen atoms in total. The van der Waals surface area contributed by atoms with Gasteiger partial charge in [0, 0.05) is 29.5 Å². The van der Waals surface area contributed by atoms with Gasteiger partial charge in [0.2, 0.25) is 5.88 Å². The number of nitriles is 1. The fourth-order valence-corrected chi connectivity index (χ4v) is 3.27. The third-order valence-corrected chi connectivity index (χ3v) is 5.23. The molecule has 0 bridgehead atoms. The van der Waals surface area contributed by atoms with Gasteiger partial charge in [0.15, 0.2) is 0 Å². The highest BCUT2D eigenvalue weighted by molar-refractivity contribution is 5.81. The number of ether oxygens (including phenoxy) is 2. The van der Waals surface area contributed by atoms with Crippen LogP contribution in [0.1, 0.15) is 31.4 Å². The highest BCUT2D eigenvalue weighted by Crippen LogP contribution is 2.31. The Balaban J connectivity index is 1.78. The van der Waals surface area contributed by atoms with Crippen molar-refractivity contribution in [1.29, 1.82) is 5.26 Å². The van der Waals surface area contributed by atoms with Crippen molar-refractivity contribution in [2.75, 3.05) is 13.7 Å². The lowest BCUT2D eigenvalue weighted by Gasteiger charge is -2.22. The van der Waals surface area contributed by atoms with Gasteiger partial charge in [-0.3, -0.25) is 10.1 Å². The van der Waals surface area contributed by atoms with Crippen molar-refractivity contribution in [3.8, 4) is 17.7 Å². The molecule has 0 saturated carbocycles. The summed E-state index contributed by atoms with van der Waals surface area (Å²) < 4.78 is 11.1. The van der Waals surface area contributed by atoms with Crippen LogP contribution < -0.4 is 9.47 Å². The Morgan fingerprint density at radius 1 is 1.20 bits per heavy atom. The molecule has 0 fully saturated rings. The predicted molar refractivity (Wildman–Crippen MR) is 114 cm³/mol. The van der Waals surface area contributed by atoms with E-state index in [2.05, 4.69) is 24.0 Å². The topological polar surface area (TPSA) is 98.3 Å². The largest absolute Gasteiger partial charge is 0.494 e. The molecule has 2 aromatic carbocycles. The molecule has 3 aromatic rings. The molecule has 30 heavy (non-hydrogen) atoms. The third-order valence-electron chi connectivity index (χ3n) is 5.23. The summed E-state index contributed by atoms with van der Waals surface area (Å²) in [7, 11) is 1.60. The van der Waals surface area contributed by atoms with E-state index in [1.165, 1.54) is 12.1 Å². The fourth-order valence-electron chi connectivity index (χ4n) is 3.27. The molecule has 1 heterocycles. The number of rotatable bonds is 8. The minimum atomic E-state index is -0.771. The van der Waals surface area contributed by atoms with Crippen LogP contribution in [0.25, 0.3) is 10.9 Å². The molecule has 154 valence electrons. The van der Waals surface area contributed by atoms with Gasteiger partial charge in [-0.25, -0.2) is 4.98 Å². The van der Waals surface area contributed by atoms with Gasteiger partial charge in [-0.1, -0.05) is 19.1 Å². The smallest absolute Gasteiger partial charge is 0.269 e. The molecule has 0 saturated heterocycles. The lowest BCUT2D eigenvalue weighted by molar-refractivity contribution is -0.384. The maximum atomic E-state index is 10.7. The van der Waals surface area contributed by atoms with Gasteiger partial charge in [0.05, 0.1) is 35.6 Å². The van der Waals surface area contributed by atoms with Gasteiger partial charge in [-0.2, -0.15) is 5.26 Å². The van der Waals surface area contributed by atoms with Crippen molar-refractivity contribution in [2.45, 2.75) is 32.1 Å². The number of nitro benzene ring substituents is 1. The van der Waals surface area contributed by atoms with Crippen molar-refractivity contribution in [1.82, 2.24) is 4.98 Å². The average molecular weight is 405 g/mol. The van der Waals surface area contributed by atoms with E-state index in [9.17, 15) is 15.4 Å². The van der Waals surface area contributed by atoms with E-state index < -0.39 is 10.3 Å². The van der Waals surface area contributed by atoms with Crippen LogP contribution in [0.15, 0.2) is 48.5 Å². The van der Waals surface area contributed by atoms with Crippen LogP contribution in [0, 0.1) is 21.4 Å². The average Bonchev–Trinajstić information content (AvgIpc) is 2.77. The summed E-state index contributed by atoms with van der Waals surface area (Å²) in [5.41, 5.74) is 1.91. The van der Waals surface area contributed by atoms with Gasteiger partial charge >= 0.3 is 0 Å². The van der Waals surface area contributed by atoms with Crippen LogP contribution in [0.4, 0.5) is 5.69 Å². The summed E-state index contributed by atoms with van der Waals surface area (Å²) in [4.78, 5) is 14.9. The molecule has 0 amide bonds. The fraction of sp³-hybridized carbons (Fsp3) is 0.304. The van der Waals surface area contributed by atoms with Crippen LogP contribution >= 0.6 is 0 Å². The minimum absolute atomic E-state index is 0.00883. The number of hydrogen-bond donors (Lipinski definition) is 0. The molecular weight excluding hydrogens is 382 g/mol. The lowest BCUT2D eigenvalue weighted by atomic mass is 9.81. The molecule has 1 unspecified atom stereocenters. The monoisotopic (exact) mass is 405 g/mol. The molecule has 1 atom stereocenters. The number of aromatic nitrogens is 1. The standard InChI is InChI=1S/C23H23N3O4/c1-4-16-13-17-5-6-18(14-21(17)25-22(16)29-3)23(2,15-24)11-12-30-20-9-7-19(8-10-20)26(27)28/h5-10,13-14H,4,11-12H2,1-3H3. The highest BCUT2D eigenvalue weighted by atomic mass is 16.6. The Hall–Kier alpha value is -3.66. The van der Waals surface area contributed by atoms with Crippen LogP contribution in [0.2, 0.25) is 0 Å². The Labute approximate surface area is 175 Å². The van der Waals surface area contributed by atoms with Crippen molar-refractivity contribution < 1.29 is 14.4 Å². The van der Waals surface area contributed by atoms with E-state index in [-0.39, 0.29) is 5.69 Å². The second-order valence-corrected chi connectivity index (χ2v) is 7.21. The summed E-state index contributed by atoms with van der Waals surface area (Å²) in [6.07, 6.45) is 1.28. The van der Waals surface area contributed by atoms with Crippen molar-refractivity contribution in [3.63, 3.8) is 0 Å². The van der Waals surface area contributed by atoms with Crippen molar-refractivity contribution in [3.05, 3.63) is 69.8 Å². The quantitative estimate of drug-likeness (QED) is 0.388. The van der Waals surface area contributed by atoms with E-state index in [1.54, 1.807) is 19.2 Å². The number of nitrogens with zero attached hydrogens (tertiary/aromatic N) is 3. The second-order valence-electron chi connectivity index (χ2n) is 7.21. The highest BCUT2D eigenvalue weighted by Gasteiger charge is 2.27. The first kappa shape index (κ1) is 21.1. The van der Waals surface area contributed by atoms with E-state index in [0.29, 0.717) is 24.7 Å². The Morgan fingerprint density at radius 3 is 2.53 bits per heavy atom. The second kappa shape index (κ2) is 8.78. The van der Waals surface area contributed by atoms with Gasteiger partial charge in [-0.15, -0.1) is 0 Å². The maximum absolute atomic E-state index is 10.7. The van der Waals surface area contributed by atoms with E-state index >= 15 is 0 Å². The molecule has 0 N–H and O–H groups in total. The first-order valence-electron chi connectivity index (χ1n) is 9.67. The maximum Gasteiger partial charge on any atom is 0.269 e. The number of methoxy groups -OCH3 is 1. The molecule has 1 aromatic heterocycles. The minimum Gasteiger partial charge on any atom is -0.494 e. The Morgan fingerprint density at radius 2 is 1.93 bits per heavy atom. The number of fused-ring (bicyclic) bond motifs is 1. The number of aryl methyl sites for hydroxylation is 1. The summed E-state index contributed by atoms with van der Waals surface area (Å²) in [6, 6.07) is 16.2. The molecule has 3 rings (SSSR count). The van der Waals surface area contributed by atoms with Gasteiger partial charge in [0.1, 0.15) is 5.75 Å². The van der Waals surface area contributed by atoms with E-state index in [4.69, 9.17) is 9.47 Å². The Bertz CT molecular complexity index is 1110. The summed E-state index contributed by atoms with van der Waals surface area (Å²) in [5, 5.41) is 21.6. The molecule has 7 heteroatoms. The van der Waals surface area contributed by atoms with Gasteiger partial charge in [-0.05, 0) is 43.2 Å². The lowest BCUT2D eigenvalue weighted by Crippen LogP contribution is -2.22. The molecule has 0 aliphatic heterocycles. The predicted octanol–water partition coefficient (Wildman–Crippen LogP) is 4.96. The zero-order valence-electron chi connectivity index (χ0n) is 17.2. The van der Waals surface area contributed by atoms with E-state index in [0.717, 1.165) is 28.5 Å². The third kappa shape index (κ3) is 4.33. The van der Waals surface area contributed by atoms with Crippen LogP contribution in [0.5, 0.6) is 11.6 Å². The van der Waals surface area contributed by atoms with Crippen LogP contribution in [0.3, 0.4) is 0 Å². The number of nitro groups is 1. The molecule has 0 spiro atoms. The molecule has 0 radical (unpaired) electrons. The molecule has 0 aliphatic rings. The normalized spacial score (nSPS) is 12.7. The zero-order chi connectivity index (χ0) is 21.7. The van der Waals surface area contributed by atoms with Gasteiger partial charge in [0.25, 0.3) is 5.69 Å². The number of non-ortho nitro benzene ring substituents is 1. The van der Waals surface area contributed by atoms with Crippen LogP contribution in [-0.4, -0.2) is 23.6 Å². The van der Waals surface area contributed by atoms with Crippen molar-refractivity contribution >= 4 is 16.6 Å². The SMILES string of the molecule is CCc1cc2ccc(C(C)(C#N)CCOc3ccc([N+](=O)[O-])cc3)cc2nc1OC. The number of hydrogen-bond acceptors (Lipinski definition) is 6. The van der Waals surface area contributed by atoms with Crippen LogP contribution in [-0.2, 0) is 11.8 Å². The van der Waals surface area contributed by atoms with Crippen molar-refractivity contribution in [2.24, 2.45) is 0 Å². The Kier molecular flexibility index (Phi) is 6.17. The number of pyridine rings is 1. The first-order valence-corrected chi connectivity index (χ1v) is 9.67. The van der Waals surface area contributed by atoms with E-state index in [1.807, 2.05) is 25.1 Å². The number of benzene rings is 2. The summed E-state index contributed by atoms with van der Waals surface area (Å²) in [5.74, 6) is 1.13. The zero-order valence-corrected chi connectivity index (χ0v) is 17.2. The van der Waals surface area contributed by atoms with Gasteiger partial charge < -0.3 is 9.47 Å². The summed E-state index contributed by atoms with van der Waals surface area (Å²) >= 11 is 0. The molecule has 0 aliphatic carbocycles. The molecular formula is C23H23N3O4. The summed E-state index contributed by atoms with van der Waals surface area (Å²) in [6.45, 7) is 4.22.